The molecule has 1 atom stereocenters. The molecule has 0 aliphatic rings. The van der Waals surface area contributed by atoms with Crippen LogP contribution in [-0.4, -0.2) is 12.9 Å². The number of allylic oxidation sites excluding steroid dienone is 1. The normalized spacial score (nSPS) is 12.2. The minimum atomic E-state index is -0.134. The van der Waals surface area contributed by atoms with Crippen molar-refractivity contribution in [2.45, 2.75) is 46.3 Å². The van der Waals surface area contributed by atoms with Gasteiger partial charge in [-0.1, -0.05) is 44.6 Å². The number of ether oxygens (including phenoxy) is 2. The first-order valence-electron chi connectivity index (χ1n) is 6.71. The van der Waals surface area contributed by atoms with Crippen molar-refractivity contribution in [3.05, 3.63) is 36.4 Å². The smallest absolute Gasteiger partial charge is 0.199 e. The number of hydrogen-bond donors (Lipinski definition) is 0. The second kappa shape index (κ2) is 7.93. The van der Waals surface area contributed by atoms with Crippen molar-refractivity contribution >= 4 is 5.57 Å². The molecule has 2 heteroatoms. The zero-order valence-corrected chi connectivity index (χ0v) is 11.7. The minimum absolute atomic E-state index is 0.134. The molecule has 0 heterocycles. The summed E-state index contributed by atoms with van der Waals surface area (Å²) in [5.41, 5.74) is 2.21. The Balaban J connectivity index is 2.59. The second-order valence-electron chi connectivity index (χ2n) is 4.51. The van der Waals surface area contributed by atoms with Crippen molar-refractivity contribution in [3.8, 4) is 5.75 Å². The molecule has 0 amide bonds. The van der Waals surface area contributed by atoms with Crippen LogP contribution in [0.15, 0.2) is 30.8 Å². The van der Waals surface area contributed by atoms with E-state index in [-0.39, 0.29) is 6.29 Å². The summed E-state index contributed by atoms with van der Waals surface area (Å²) >= 11 is 0. The Morgan fingerprint density at radius 2 is 1.83 bits per heavy atom. The van der Waals surface area contributed by atoms with Crippen LogP contribution in [0.4, 0.5) is 0 Å². The van der Waals surface area contributed by atoms with Gasteiger partial charge in [-0.2, -0.15) is 0 Å². The summed E-state index contributed by atoms with van der Waals surface area (Å²) in [6, 6.07) is 8.00. The molecular formula is C16H24O2. The van der Waals surface area contributed by atoms with Crippen molar-refractivity contribution in [2.24, 2.45) is 0 Å². The fourth-order valence-electron chi connectivity index (χ4n) is 1.63. The fourth-order valence-corrected chi connectivity index (χ4v) is 1.63. The fraction of sp³-hybridized carbons (Fsp3) is 0.500. The van der Waals surface area contributed by atoms with E-state index in [1.54, 1.807) is 0 Å². The van der Waals surface area contributed by atoms with Gasteiger partial charge in [0.1, 0.15) is 5.75 Å². The van der Waals surface area contributed by atoms with Crippen LogP contribution < -0.4 is 4.74 Å². The van der Waals surface area contributed by atoms with Gasteiger partial charge in [0, 0.05) is 6.42 Å². The molecule has 100 valence electrons. The van der Waals surface area contributed by atoms with E-state index in [9.17, 15) is 0 Å². The summed E-state index contributed by atoms with van der Waals surface area (Å²) in [5, 5.41) is 0. The highest BCUT2D eigenvalue weighted by molar-refractivity contribution is 5.61. The van der Waals surface area contributed by atoms with Gasteiger partial charge in [0.05, 0.1) is 6.61 Å². The summed E-state index contributed by atoms with van der Waals surface area (Å²) in [4.78, 5) is 0. The molecule has 0 aliphatic heterocycles. The van der Waals surface area contributed by atoms with Gasteiger partial charge in [-0.3, -0.25) is 0 Å². The summed E-state index contributed by atoms with van der Waals surface area (Å²) in [7, 11) is 0. The lowest BCUT2D eigenvalue weighted by Gasteiger charge is -2.19. The molecule has 0 spiro atoms. The lowest BCUT2D eigenvalue weighted by molar-refractivity contribution is -0.0844. The van der Waals surface area contributed by atoms with Crippen LogP contribution in [0.1, 0.15) is 45.6 Å². The van der Waals surface area contributed by atoms with E-state index in [1.807, 2.05) is 31.2 Å². The largest absolute Gasteiger partial charge is 0.465 e. The van der Waals surface area contributed by atoms with E-state index in [1.165, 1.54) is 0 Å². The Hall–Kier alpha value is -1.28. The monoisotopic (exact) mass is 248 g/mol. The lowest BCUT2D eigenvalue weighted by atomic mass is 10.1. The third-order valence-electron chi connectivity index (χ3n) is 2.65. The van der Waals surface area contributed by atoms with Crippen molar-refractivity contribution in [3.63, 3.8) is 0 Å². The molecule has 1 unspecified atom stereocenters. The van der Waals surface area contributed by atoms with Gasteiger partial charge in [-0.25, -0.2) is 0 Å². The Bertz CT molecular complexity index is 354. The minimum Gasteiger partial charge on any atom is -0.465 e. The van der Waals surface area contributed by atoms with Crippen LogP contribution in [0.5, 0.6) is 5.75 Å². The first-order valence-corrected chi connectivity index (χ1v) is 6.71. The van der Waals surface area contributed by atoms with Crippen molar-refractivity contribution in [1.29, 1.82) is 0 Å². The Morgan fingerprint density at radius 3 is 2.33 bits per heavy atom. The van der Waals surface area contributed by atoms with Gasteiger partial charge in [0.25, 0.3) is 0 Å². The molecule has 0 saturated heterocycles. The van der Waals surface area contributed by atoms with Crippen molar-refractivity contribution < 1.29 is 9.47 Å². The Kier molecular flexibility index (Phi) is 6.51. The van der Waals surface area contributed by atoms with Crippen LogP contribution in [0.25, 0.3) is 5.57 Å². The number of hydrogen-bond acceptors (Lipinski definition) is 2. The molecule has 0 saturated carbocycles. The molecule has 0 N–H and O–H groups in total. The lowest BCUT2D eigenvalue weighted by Crippen LogP contribution is -2.20. The molecule has 1 aromatic rings. The van der Waals surface area contributed by atoms with Crippen LogP contribution >= 0.6 is 0 Å². The number of benzene rings is 1. The maximum Gasteiger partial charge on any atom is 0.199 e. The summed E-state index contributed by atoms with van der Waals surface area (Å²) in [6.45, 7) is 10.9. The molecule has 0 radical (unpaired) electrons. The van der Waals surface area contributed by atoms with Crippen LogP contribution in [0, 0.1) is 0 Å². The summed E-state index contributed by atoms with van der Waals surface area (Å²) in [6.07, 6.45) is 2.85. The van der Waals surface area contributed by atoms with Crippen LogP contribution in [0.2, 0.25) is 0 Å². The Labute approximate surface area is 111 Å². The predicted octanol–water partition coefficient (Wildman–Crippen LogP) is 4.65. The van der Waals surface area contributed by atoms with E-state index >= 15 is 0 Å². The molecular weight excluding hydrogens is 224 g/mol. The van der Waals surface area contributed by atoms with E-state index < -0.39 is 0 Å². The van der Waals surface area contributed by atoms with Crippen LogP contribution in [0.3, 0.4) is 0 Å². The molecule has 0 aliphatic carbocycles. The van der Waals surface area contributed by atoms with Gasteiger partial charge in [-0.15, -0.1) is 0 Å². The molecule has 0 fully saturated rings. The highest BCUT2D eigenvalue weighted by Gasteiger charge is 2.09. The van der Waals surface area contributed by atoms with E-state index in [0.717, 1.165) is 42.8 Å². The van der Waals surface area contributed by atoms with Gasteiger partial charge in [0.15, 0.2) is 6.29 Å². The third-order valence-corrected chi connectivity index (χ3v) is 2.65. The van der Waals surface area contributed by atoms with Gasteiger partial charge in [0.2, 0.25) is 0 Å². The third kappa shape index (κ3) is 4.92. The first-order chi connectivity index (χ1) is 8.67. The SMILES string of the molecule is C=C(C)c1ccc(OC(CCC)OCCC)cc1. The Morgan fingerprint density at radius 1 is 1.17 bits per heavy atom. The molecule has 1 rings (SSSR count). The average Bonchev–Trinajstić information content (AvgIpc) is 2.37. The van der Waals surface area contributed by atoms with Gasteiger partial charge >= 0.3 is 0 Å². The molecule has 18 heavy (non-hydrogen) atoms. The van der Waals surface area contributed by atoms with E-state index in [2.05, 4.69) is 20.4 Å². The first kappa shape index (κ1) is 14.8. The number of rotatable bonds is 8. The average molecular weight is 248 g/mol. The quantitative estimate of drug-likeness (QED) is 0.623. The second-order valence-corrected chi connectivity index (χ2v) is 4.51. The maximum absolute atomic E-state index is 5.84. The molecule has 0 bridgehead atoms. The van der Waals surface area contributed by atoms with Crippen molar-refractivity contribution in [1.82, 2.24) is 0 Å². The van der Waals surface area contributed by atoms with E-state index in [4.69, 9.17) is 9.47 Å². The highest BCUT2D eigenvalue weighted by atomic mass is 16.7. The predicted molar refractivity (Wildman–Crippen MR) is 76.7 cm³/mol. The molecule has 2 nitrogen and oxygen atoms in total. The molecule has 0 aromatic heterocycles. The van der Waals surface area contributed by atoms with E-state index in [0.29, 0.717) is 0 Å². The summed E-state index contributed by atoms with van der Waals surface area (Å²) < 4.78 is 11.5. The maximum atomic E-state index is 5.84. The summed E-state index contributed by atoms with van der Waals surface area (Å²) in [5.74, 6) is 0.856. The van der Waals surface area contributed by atoms with Crippen molar-refractivity contribution in [2.75, 3.05) is 6.61 Å². The zero-order valence-electron chi connectivity index (χ0n) is 11.7. The zero-order chi connectivity index (χ0) is 13.4. The van der Waals surface area contributed by atoms with Gasteiger partial charge in [-0.05, 0) is 31.0 Å². The van der Waals surface area contributed by atoms with Gasteiger partial charge < -0.3 is 9.47 Å². The molecule has 1 aromatic carbocycles. The topological polar surface area (TPSA) is 18.5 Å². The highest BCUT2D eigenvalue weighted by Crippen LogP contribution is 2.19. The van der Waals surface area contributed by atoms with Crippen LogP contribution in [-0.2, 0) is 4.74 Å². The standard InChI is InChI=1S/C16H24O2/c1-5-7-16(17-12-6-2)18-15-10-8-14(9-11-15)13(3)4/h8-11,16H,3,5-7,12H2,1-2,4H3.